The van der Waals surface area contributed by atoms with Gasteiger partial charge in [0.15, 0.2) is 6.61 Å². The van der Waals surface area contributed by atoms with Gasteiger partial charge in [-0.2, -0.15) is 5.10 Å². The number of methoxy groups -OCH3 is 1. The van der Waals surface area contributed by atoms with Gasteiger partial charge in [0.25, 0.3) is 11.8 Å². The normalized spacial score (nSPS) is 10.5. The quantitative estimate of drug-likeness (QED) is 0.399. The van der Waals surface area contributed by atoms with Crippen LogP contribution in [0, 0.1) is 0 Å². The second-order valence-corrected chi connectivity index (χ2v) is 7.54. The Labute approximate surface area is 196 Å². The second-order valence-electron chi connectivity index (χ2n) is 7.54. The first kappa shape index (κ1) is 22.6. The minimum atomic E-state index is -0.579. The molecule has 2 amide bonds. The summed E-state index contributed by atoms with van der Waals surface area (Å²) in [6, 6.07) is 24.0. The minimum absolute atomic E-state index is 0.245. The number of carbonyl (C=O) groups is 2. The summed E-state index contributed by atoms with van der Waals surface area (Å²) in [7, 11) is 1.60. The van der Waals surface area contributed by atoms with Crippen molar-refractivity contribution in [1.82, 2.24) is 9.78 Å². The summed E-state index contributed by atoms with van der Waals surface area (Å²) in [6.07, 6.45) is 1.73. The summed E-state index contributed by atoms with van der Waals surface area (Å²) in [4.78, 5) is 24.2. The Balaban J connectivity index is 1.62. The Morgan fingerprint density at radius 1 is 0.971 bits per heavy atom. The van der Waals surface area contributed by atoms with Gasteiger partial charge in [0.05, 0.1) is 19.2 Å². The van der Waals surface area contributed by atoms with Gasteiger partial charge in [0.2, 0.25) is 0 Å². The molecule has 4 aromatic rings. The fourth-order valence-electron chi connectivity index (χ4n) is 3.42. The second kappa shape index (κ2) is 10.4. The summed E-state index contributed by atoms with van der Waals surface area (Å²) < 4.78 is 12.3. The maximum atomic E-state index is 13.3. The molecule has 0 unspecified atom stereocenters. The SMILES string of the molecule is COc1ccc(-c2nn(Cc3ccccc3)cc2C(=O)Nc2cccc(OCC(N)=O)c2)cc1. The predicted molar refractivity (Wildman–Crippen MR) is 129 cm³/mol. The molecule has 0 aliphatic rings. The Morgan fingerprint density at radius 2 is 1.74 bits per heavy atom. The molecule has 1 heterocycles. The maximum absolute atomic E-state index is 13.3. The maximum Gasteiger partial charge on any atom is 0.259 e. The average Bonchev–Trinajstić information content (AvgIpc) is 3.27. The van der Waals surface area contributed by atoms with E-state index < -0.39 is 5.91 Å². The molecule has 0 aliphatic heterocycles. The highest BCUT2D eigenvalue weighted by molar-refractivity contribution is 6.08. The van der Waals surface area contributed by atoms with E-state index in [1.165, 1.54) is 0 Å². The lowest BCUT2D eigenvalue weighted by Gasteiger charge is -2.08. The van der Waals surface area contributed by atoms with E-state index in [-0.39, 0.29) is 12.5 Å². The molecule has 172 valence electrons. The van der Waals surface area contributed by atoms with Crippen LogP contribution in [0.3, 0.4) is 0 Å². The first-order valence-electron chi connectivity index (χ1n) is 10.6. The van der Waals surface area contributed by atoms with Gasteiger partial charge in [0, 0.05) is 23.5 Å². The molecule has 3 aromatic carbocycles. The third-order valence-corrected chi connectivity index (χ3v) is 5.03. The average molecular weight is 457 g/mol. The molecule has 8 nitrogen and oxygen atoms in total. The number of amides is 2. The van der Waals surface area contributed by atoms with Crippen molar-refractivity contribution in [3.63, 3.8) is 0 Å². The molecule has 0 saturated carbocycles. The lowest BCUT2D eigenvalue weighted by molar-refractivity contribution is -0.119. The van der Waals surface area contributed by atoms with Gasteiger partial charge >= 0.3 is 0 Å². The zero-order chi connectivity index (χ0) is 23.9. The lowest BCUT2D eigenvalue weighted by atomic mass is 10.1. The number of nitrogens with two attached hydrogens (primary N) is 1. The van der Waals surface area contributed by atoms with Crippen LogP contribution in [0.1, 0.15) is 15.9 Å². The van der Waals surface area contributed by atoms with Crippen molar-refractivity contribution >= 4 is 17.5 Å². The van der Waals surface area contributed by atoms with Gasteiger partial charge in [0.1, 0.15) is 17.2 Å². The molecule has 0 saturated heterocycles. The highest BCUT2D eigenvalue weighted by Crippen LogP contribution is 2.26. The van der Waals surface area contributed by atoms with Crippen LogP contribution in [0.2, 0.25) is 0 Å². The number of nitrogens with one attached hydrogen (secondary N) is 1. The molecule has 3 N–H and O–H groups in total. The molecule has 0 bridgehead atoms. The number of hydrogen-bond acceptors (Lipinski definition) is 5. The Morgan fingerprint density at radius 3 is 2.44 bits per heavy atom. The number of rotatable bonds is 9. The van der Waals surface area contributed by atoms with E-state index in [1.54, 1.807) is 42.3 Å². The van der Waals surface area contributed by atoms with Crippen molar-refractivity contribution in [3.05, 3.63) is 96.2 Å². The Bertz CT molecular complexity index is 1280. The number of hydrogen-bond donors (Lipinski definition) is 2. The summed E-state index contributed by atoms with van der Waals surface area (Å²) in [6.45, 7) is 0.277. The van der Waals surface area contributed by atoms with E-state index >= 15 is 0 Å². The molecule has 1 aromatic heterocycles. The van der Waals surface area contributed by atoms with Gasteiger partial charge in [-0.15, -0.1) is 0 Å². The molecular formula is C26H24N4O4. The van der Waals surface area contributed by atoms with Crippen LogP contribution in [-0.2, 0) is 11.3 Å². The van der Waals surface area contributed by atoms with Crippen molar-refractivity contribution in [3.8, 4) is 22.8 Å². The third-order valence-electron chi connectivity index (χ3n) is 5.03. The number of nitrogens with zero attached hydrogens (tertiary/aromatic N) is 2. The predicted octanol–water partition coefficient (Wildman–Crippen LogP) is 3.72. The Hall–Kier alpha value is -4.59. The van der Waals surface area contributed by atoms with Crippen LogP contribution < -0.4 is 20.5 Å². The fourth-order valence-corrected chi connectivity index (χ4v) is 3.42. The van der Waals surface area contributed by atoms with Gasteiger partial charge in [-0.05, 0) is 42.0 Å². The van der Waals surface area contributed by atoms with Gasteiger partial charge in [-0.3, -0.25) is 14.3 Å². The van der Waals surface area contributed by atoms with Crippen LogP contribution in [0.4, 0.5) is 5.69 Å². The van der Waals surface area contributed by atoms with Crippen LogP contribution in [0.15, 0.2) is 85.1 Å². The zero-order valence-corrected chi connectivity index (χ0v) is 18.6. The Kier molecular flexibility index (Phi) is 6.88. The van der Waals surface area contributed by atoms with E-state index in [1.807, 2.05) is 54.6 Å². The first-order chi connectivity index (χ1) is 16.5. The van der Waals surface area contributed by atoms with Crippen LogP contribution in [0.5, 0.6) is 11.5 Å². The number of aromatic nitrogens is 2. The number of ether oxygens (including phenoxy) is 2. The van der Waals surface area contributed by atoms with Crippen molar-refractivity contribution < 1.29 is 19.1 Å². The molecule has 0 aliphatic carbocycles. The highest BCUT2D eigenvalue weighted by atomic mass is 16.5. The van der Waals surface area contributed by atoms with E-state index in [2.05, 4.69) is 5.32 Å². The van der Waals surface area contributed by atoms with Crippen LogP contribution in [0.25, 0.3) is 11.3 Å². The van der Waals surface area contributed by atoms with Crippen LogP contribution >= 0.6 is 0 Å². The van der Waals surface area contributed by atoms with Crippen molar-refractivity contribution in [2.45, 2.75) is 6.54 Å². The number of benzene rings is 3. The van der Waals surface area contributed by atoms with Gasteiger partial charge in [-0.1, -0.05) is 36.4 Å². The molecule has 0 radical (unpaired) electrons. The van der Waals surface area contributed by atoms with E-state index in [0.29, 0.717) is 35.0 Å². The molecule has 4 rings (SSSR count). The van der Waals surface area contributed by atoms with Crippen molar-refractivity contribution in [2.24, 2.45) is 5.73 Å². The summed E-state index contributed by atoms with van der Waals surface area (Å²) in [5.41, 5.74) is 8.48. The van der Waals surface area contributed by atoms with E-state index in [4.69, 9.17) is 20.3 Å². The minimum Gasteiger partial charge on any atom is -0.497 e. The molecule has 8 heteroatoms. The highest BCUT2D eigenvalue weighted by Gasteiger charge is 2.19. The van der Waals surface area contributed by atoms with Crippen molar-refractivity contribution in [2.75, 3.05) is 19.0 Å². The van der Waals surface area contributed by atoms with Gasteiger partial charge < -0.3 is 20.5 Å². The fraction of sp³-hybridized carbons (Fsp3) is 0.115. The lowest BCUT2D eigenvalue weighted by Crippen LogP contribution is -2.20. The van der Waals surface area contributed by atoms with Gasteiger partial charge in [-0.25, -0.2) is 0 Å². The van der Waals surface area contributed by atoms with Crippen LogP contribution in [-0.4, -0.2) is 35.3 Å². The van der Waals surface area contributed by atoms with E-state index in [9.17, 15) is 9.59 Å². The monoisotopic (exact) mass is 456 g/mol. The molecular weight excluding hydrogens is 432 g/mol. The molecule has 0 spiro atoms. The molecule has 34 heavy (non-hydrogen) atoms. The molecule has 0 atom stereocenters. The third kappa shape index (κ3) is 5.60. The summed E-state index contributed by atoms with van der Waals surface area (Å²) in [5.74, 6) is 0.236. The van der Waals surface area contributed by atoms with Crippen molar-refractivity contribution in [1.29, 1.82) is 0 Å². The molecule has 0 fully saturated rings. The smallest absolute Gasteiger partial charge is 0.259 e. The first-order valence-corrected chi connectivity index (χ1v) is 10.6. The number of primary amides is 1. The number of carbonyl (C=O) groups excluding carboxylic acids is 2. The largest absolute Gasteiger partial charge is 0.497 e. The standard InChI is InChI=1S/C26H24N4O4/c1-33-21-12-10-19(11-13-21)25-23(16-30(29-25)15-18-6-3-2-4-7-18)26(32)28-20-8-5-9-22(14-20)34-17-24(27)31/h2-14,16H,15,17H2,1H3,(H2,27,31)(H,28,32). The topological polar surface area (TPSA) is 108 Å². The summed E-state index contributed by atoms with van der Waals surface area (Å²) in [5, 5.41) is 7.58. The van der Waals surface area contributed by atoms with E-state index in [0.717, 1.165) is 11.1 Å². The zero-order valence-electron chi connectivity index (χ0n) is 18.6. The number of anilines is 1. The summed E-state index contributed by atoms with van der Waals surface area (Å²) >= 11 is 0.